The highest BCUT2D eigenvalue weighted by Gasteiger charge is 2.27. The molecule has 13 heteroatoms. The highest BCUT2D eigenvalue weighted by Crippen LogP contribution is 2.43. The molecule has 0 radical (unpaired) electrons. The fourth-order valence-electron chi connectivity index (χ4n) is 4.96. The number of nitrogens with one attached hydrogen (secondary N) is 1. The first kappa shape index (κ1) is 27.1. The van der Waals surface area contributed by atoms with Crippen molar-refractivity contribution in [3.63, 3.8) is 0 Å². The third-order valence-corrected chi connectivity index (χ3v) is 7.98. The number of anilines is 1. The summed E-state index contributed by atoms with van der Waals surface area (Å²) in [5.74, 6) is -1.36. The maximum atomic E-state index is 14.0. The Hall–Kier alpha value is -5.04. The molecule has 0 unspecified atom stereocenters. The topological polar surface area (TPSA) is 134 Å². The number of alkyl halides is 2. The zero-order chi connectivity index (χ0) is 29.7. The van der Waals surface area contributed by atoms with Gasteiger partial charge in [-0.15, -0.1) is 11.3 Å². The number of para-hydroxylation sites is 1. The van der Waals surface area contributed by atoms with Crippen LogP contribution >= 0.6 is 11.3 Å². The summed E-state index contributed by atoms with van der Waals surface area (Å²) in [6.45, 7) is 4.38. The van der Waals surface area contributed by atoms with Crippen molar-refractivity contribution in [1.82, 2.24) is 29.5 Å². The van der Waals surface area contributed by atoms with Gasteiger partial charge in [0.25, 0.3) is 18.2 Å². The number of nitrogens with two attached hydrogens (primary N) is 1. The molecule has 0 aliphatic heterocycles. The minimum absolute atomic E-state index is 0.0112. The summed E-state index contributed by atoms with van der Waals surface area (Å²) in [5, 5.41) is 12.4. The first-order valence-electron chi connectivity index (χ1n) is 12.9. The Labute approximate surface area is 241 Å². The number of rotatable bonds is 7. The van der Waals surface area contributed by atoms with E-state index in [0.717, 1.165) is 16.9 Å². The van der Waals surface area contributed by atoms with E-state index >= 15 is 0 Å². The third kappa shape index (κ3) is 4.67. The minimum Gasteiger partial charge on any atom is -0.365 e. The number of hydrogen-bond donors (Lipinski definition) is 2. The predicted molar refractivity (Wildman–Crippen MR) is 157 cm³/mol. The molecule has 6 aromatic rings. The lowest BCUT2D eigenvalue weighted by molar-refractivity contribution is 0.100. The molecule has 5 heterocycles. The second-order valence-corrected chi connectivity index (χ2v) is 10.7. The molecule has 212 valence electrons. The summed E-state index contributed by atoms with van der Waals surface area (Å²) in [7, 11) is 1.71. The van der Waals surface area contributed by atoms with Gasteiger partial charge in [-0.2, -0.15) is 10.2 Å². The summed E-state index contributed by atoms with van der Waals surface area (Å²) >= 11 is 0.847. The van der Waals surface area contributed by atoms with E-state index in [-0.39, 0.29) is 15.4 Å². The number of thiophene rings is 1. The maximum absolute atomic E-state index is 14.0. The normalized spacial score (nSPS) is 11.6. The number of carbonyl (C=O) groups excluding carboxylic acids is 2. The second kappa shape index (κ2) is 10.4. The number of fused-ring (bicyclic) bond motifs is 2. The molecule has 0 fully saturated rings. The van der Waals surface area contributed by atoms with E-state index in [2.05, 4.69) is 20.5 Å². The highest BCUT2D eigenvalue weighted by molar-refractivity contribution is 7.21. The summed E-state index contributed by atoms with van der Waals surface area (Å²) in [4.78, 5) is 35.6. The van der Waals surface area contributed by atoms with E-state index in [1.165, 1.54) is 6.07 Å². The fourth-order valence-corrected chi connectivity index (χ4v) is 5.97. The molecule has 0 saturated heterocycles. The SMILES string of the molecule is CCn1cc(-c2cc(C(=O)Nc3c(C(N)=O)sc4nc(C(F)F)cc(-c5cn(C)nc5C)c34)c3ccccc3n2)cn1. The van der Waals surface area contributed by atoms with Crippen LogP contribution in [0.5, 0.6) is 0 Å². The van der Waals surface area contributed by atoms with E-state index in [1.807, 2.05) is 19.2 Å². The number of primary amides is 1. The first-order valence-corrected chi connectivity index (χ1v) is 13.8. The van der Waals surface area contributed by atoms with Crippen molar-refractivity contribution in [2.24, 2.45) is 12.8 Å². The number of benzene rings is 1. The van der Waals surface area contributed by atoms with Crippen LogP contribution in [-0.2, 0) is 13.6 Å². The van der Waals surface area contributed by atoms with E-state index in [1.54, 1.807) is 60.0 Å². The van der Waals surface area contributed by atoms with Crippen molar-refractivity contribution < 1.29 is 18.4 Å². The largest absolute Gasteiger partial charge is 0.365 e. The molecular weight excluding hydrogens is 562 g/mol. The average Bonchev–Trinajstić information content (AvgIpc) is 3.68. The van der Waals surface area contributed by atoms with Crippen LogP contribution in [0.4, 0.5) is 14.5 Å². The van der Waals surface area contributed by atoms with Crippen molar-refractivity contribution in [1.29, 1.82) is 0 Å². The number of amides is 2. The van der Waals surface area contributed by atoms with Crippen LogP contribution in [0.1, 0.15) is 44.8 Å². The number of aryl methyl sites for hydroxylation is 3. The molecule has 42 heavy (non-hydrogen) atoms. The van der Waals surface area contributed by atoms with Crippen LogP contribution in [0.3, 0.4) is 0 Å². The molecule has 10 nitrogen and oxygen atoms in total. The zero-order valence-electron chi connectivity index (χ0n) is 22.7. The van der Waals surface area contributed by atoms with Gasteiger partial charge >= 0.3 is 0 Å². The highest BCUT2D eigenvalue weighted by atomic mass is 32.1. The number of halogens is 2. The molecule has 5 aromatic heterocycles. The van der Waals surface area contributed by atoms with Gasteiger partial charge in [0, 0.05) is 47.9 Å². The Kier molecular flexibility index (Phi) is 6.73. The second-order valence-electron chi connectivity index (χ2n) is 9.66. The van der Waals surface area contributed by atoms with Gasteiger partial charge in [-0.05, 0) is 37.6 Å². The first-order chi connectivity index (χ1) is 20.1. The van der Waals surface area contributed by atoms with E-state index in [0.29, 0.717) is 50.9 Å². The molecule has 0 bridgehead atoms. The molecule has 0 aliphatic carbocycles. The predicted octanol–water partition coefficient (Wildman–Crippen LogP) is 5.73. The number of carbonyl (C=O) groups is 2. The van der Waals surface area contributed by atoms with Crippen molar-refractivity contribution >= 4 is 50.0 Å². The summed E-state index contributed by atoms with van der Waals surface area (Å²) in [6, 6.07) is 10.1. The maximum Gasteiger partial charge on any atom is 0.280 e. The van der Waals surface area contributed by atoms with Gasteiger partial charge in [-0.3, -0.25) is 19.0 Å². The van der Waals surface area contributed by atoms with Gasteiger partial charge in [0.2, 0.25) is 0 Å². The van der Waals surface area contributed by atoms with E-state index in [9.17, 15) is 18.4 Å². The number of pyridine rings is 2. The molecule has 0 atom stereocenters. The van der Waals surface area contributed by atoms with Crippen LogP contribution in [0, 0.1) is 6.92 Å². The Bertz CT molecular complexity index is 2030. The summed E-state index contributed by atoms with van der Waals surface area (Å²) < 4.78 is 31.1. The average molecular weight is 587 g/mol. The molecule has 0 aliphatic rings. The van der Waals surface area contributed by atoms with Crippen LogP contribution in [0.2, 0.25) is 0 Å². The van der Waals surface area contributed by atoms with Gasteiger partial charge in [0.1, 0.15) is 15.4 Å². The van der Waals surface area contributed by atoms with Crippen LogP contribution in [0.15, 0.2) is 55.0 Å². The third-order valence-electron chi connectivity index (χ3n) is 6.89. The number of nitrogens with zero attached hydrogens (tertiary/aromatic N) is 6. The van der Waals surface area contributed by atoms with E-state index < -0.39 is 23.9 Å². The minimum atomic E-state index is -2.86. The summed E-state index contributed by atoms with van der Waals surface area (Å²) in [5.41, 5.74) is 9.00. The van der Waals surface area contributed by atoms with Crippen molar-refractivity contribution in [2.45, 2.75) is 26.8 Å². The Balaban J connectivity index is 1.55. The lowest BCUT2D eigenvalue weighted by Crippen LogP contribution is -2.17. The smallest absolute Gasteiger partial charge is 0.280 e. The standard InChI is InChI=1S/C29H24F2N8O2S/c1-4-39-12-15(11-33-39)21-10-18(16-7-5-6-8-20(16)34-21)28(41)36-24-23-17(19-13-38(3)37-14(19)2)9-22(26(30)31)35-29(23)42-25(24)27(32)40/h5-13,26H,4H2,1-3H3,(H2,32,40)(H,36,41). The Morgan fingerprint density at radius 2 is 1.90 bits per heavy atom. The molecule has 2 amide bonds. The lowest BCUT2D eigenvalue weighted by atomic mass is 10.0. The van der Waals surface area contributed by atoms with Gasteiger partial charge in [-0.25, -0.2) is 18.7 Å². The van der Waals surface area contributed by atoms with E-state index in [4.69, 9.17) is 10.7 Å². The van der Waals surface area contributed by atoms with Gasteiger partial charge < -0.3 is 11.1 Å². The number of aromatic nitrogens is 6. The zero-order valence-corrected chi connectivity index (χ0v) is 23.5. The molecule has 1 aromatic carbocycles. The fraction of sp³-hybridized carbons (Fsp3) is 0.172. The quantitative estimate of drug-likeness (QED) is 0.246. The molecule has 0 saturated carbocycles. The van der Waals surface area contributed by atoms with Crippen molar-refractivity contribution in [3.8, 4) is 22.4 Å². The van der Waals surface area contributed by atoms with Crippen molar-refractivity contribution in [3.05, 3.63) is 76.8 Å². The van der Waals surface area contributed by atoms with Gasteiger partial charge in [0.15, 0.2) is 0 Å². The van der Waals surface area contributed by atoms with Gasteiger partial charge in [0.05, 0.1) is 34.4 Å². The molecule has 3 N–H and O–H groups in total. The Morgan fingerprint density at radius 1 is 1.12 bits per heavy atom. The van der Waals surface area contributed by atoms with Crippen LogP contribution < -0.4 is 11.1 Å². The van der Waals surface area contributed by atoms with Gasteiger partial charge in [-0.1, -0.05) is 18.2 Å². The molecular formula is C29H24F2N8O2S. The van der Waals surface area contributed by atoms with Crippen LogP contribution in [-0.4, -0.2) is 41.3 Å². The summed E-state index contributed by atoms with van der Waals surface area (Å²) in [6.07, 6.45) is 2.34. The molecule has 0 spiro atoms. The lowest BCUT2D eigenvalue weighted by Gasteiger charge is -2.12. The Morgan fingerprint density at radius 3 is 2.57 bits per heavy atom. The monoisotopic (exact) mass is 586 g/mol. The van der Waals surface area contributed by atoms with Crippen LogP contribution in [0.25, 0.3) is 43.5 Å². The van der Waals surface area contributed by atoms with Crippen molar-refractivity contribution in [2.75, 3.05) is 5.32 Å². The molecule has 6 rings (SSSR count). The number of hydrogen-bond acceptors (Lipinski definition) is 7.